The Morgan fingerprint density at radius 3 is 1.66 bits per heavy atom. The van der Waals surface area contributed by atoms with Crippen LogP contribution < -0.4 is 16.0 Å². The van der Waals surface area contributed by atoms with Crippen LogP contribution in [0.1, 0.15) is 177 Å². The number of hydrogen-bond donors (Lipinski definition) is 4. The molecule has 2 aromatic carbocycles. The summed E-state index contributed by atoms with van der Waals surface area (Å²) in [6.45, 7) is 20.4. The number of nitrogens with zero attached hydrogens (tertiary/aromatic N) is 4. The van der Waals surface area contributed by atoms with E-state index in [-0.39, 0.29) is 100 Å². The molecule has 4 N–H and O–H groups in total. The maximum absolute atomic E-state index is 15.2. The lowest BCUT2D eigenvalue weighted by Gasteiger charge is -2.38. The maximum Gasteiger partial charge on any atom is 0.245 e. The second kappa shape index (κ2) is 36.1. The third kappa shape index (κ3) is 21.5. The van der Waals surface area contributed by atoms with E-state index in [4.69, 9.17) is 0 Å². The number of hydrogen-bond acceptors (Lipinski definition) is 13. The molecule has 0 radical (unpaired) electrons. The van der Waals surface area contributed by atoms with E-state index in [0.29, 0.717) is 43.5 Å². The number of fused-ring (bicyclic) bond motifs is 1. The van der Waals surface area contributed by atoms with Gasteiger partial charge in [-0.25, -0.2) is 0 Å². The van der Waals surface area contributed by atoms with Crippen LogP contribution in [-0.2, 0) is 70.4 Å². The number of likely N-dealkylation sites (tertiary alicyclic amines) is 1. The van der Waals surface area contributed by atoms with Gasteiger partial charge in [-0.2, -0.15) is 0 Å². The maximum atomic E-state index is 15.2. The molecule has 5 rings (SSSR count). The number of piperidine rings is 1. The molecule has 20 heteroatoms. The van der Waals surface area contributed by atoms with Gasteiger partial charge in [0, 0.05) is 95.4 Å². The number of ketones is 5. The van der Waals surface area contributed by atoms with Crippen LogP contribution >= 0.6 is 0 Å². The Kier molecular flexibility index (Phi) is 29.8. The fourth-order valence-electron chi connectivity index (χ4n) is 13.6. The summed E-state index contributed by atoms with van der Waals surface area (Å²) in [5.41, 5.74) is 1.41. The summed E-state index contributed by atoms with van der Waals surface area (Å²) >= 11 is 0. The number of likely N-dealkylation sites (N-methyl/N-ethyl adjacent to an activating group) is 3. The van der Waals surface area contributed by atoms with E-state index < -0.39 is 149 Å². The van der Waals surface area contributed by atoms with Gasteiger partial charge < -0.3 is 40.7 Å². The number of carbonyl (C=O) groups is 12. The van der Waals surface area contributed by atoms with E-state index in [2.05, 4.69) is 16.0 Å². The zero-order chi connectivity index (χ0) is 69.1. The molecule has 0 spiro atoms. The number of aliphatic hydroxyl groups excluding tert-OH is 1. The fraction of sp³-hybridized carbons (Fsp3) is 0.671. The molecule has 2 saturated heterocycles. The Labute approximate surface area is 552 Å². The van der Waals surface area contributed by atoms with Crippen LogP contribution in [0.4, 0.5) is 0 Å². The quantitative estimate of drug-likeness (QED) is 0.144. The third-order valence-corrected chi connectivity index (χ3v) is 19.7. The van der Waals surface area contributed by atoms with Crippen LogP contribution in [-0.4, -0.2) is 172 Å². The first-order valence-electron chi connectivity index (χ1n) is 34.3. The summed E-state index contributed by atoms with van der Waals surface area (Å²) in [6.07, 6.45) is 0.855. The highest BCUT2D eigenvalue weighted by Crippen LogP contribution is 2.39. The summed E-state index contributed by atoms with van der Waals surface area (Å²) in [6, 6.07) is 10.5. The number of Topliss-reactive ketones (excluding diaryl/α,β-unsaturated/α-hetero) is 5. The average Bonchev–Trinajstić information content (AvgIpc) is 0.973. The summed E-state index contributed by atoms with van der Waals surface area (Å²) in [4.78, 5) is 182. The van der Waals surface area contributed by atoms with E-state index in [1.54, 1.807) is 54.3 Å². The van der Waals surface area contributed by atoms with Crippen LogP contribution in [0.3, 0.4) is 0 Å². The fourth-order valence-corrected chi connectivity index (χ4v) is 13.6. The Morgan fingerprint density at radius 2 is 1.12 bits per heavy atom. The molecule has 2 unspecified atom stereocenters. The minimum atomic E-state index is -1.49. The summed E-state index contributed by atoms with van der Waals surface area (Å²) in [5.74, 6) is -12.8. The highest BCUT2D eigenvalue weighted by Gasteiger charge is 2.47. The molecular weight excluding hydrogens is 1180 g/mol. The van der Waals surface area contributed by atoms with Crippen LogP contribution in [0.2, 0.25) is 0 Å². The molecule has 20 nitrogen and oxygen atoms in total. The SMILES string of the molecule is CC[C@H](C)[C@H]1C(=O)CCC(=O)N(C)[C@@H](CC(C)C)C(=O)N[C@@H]([C@@H](C)O)C(=O)C2CC[C@H]2C(=O)C[C@@H](Cc2ccccc2)C(=O)N[C@H](C(=O)N2CCCCC2)CC(=O)N(C)[C@@H](C)C(=O)N[C@@H](Cc2ccccc2)C(=O)C(C)[C@@H](CC(C)C)C(=O)C[C@@H](CC(C)C)C(=O)N1C. The molecule has 1 saturated carbocycles. The van der Waals surface area contributed by atoms with Crippen LogP contribution in [0.15, 0.2) is 60.7 Å². The Hall–Kier alpha value is -6.96. The number of benzene rings is 2. The normalized spacial score (nSPS) is 28.3. The van der Waals surface area contributed by atoms with Gasteiger partial charge in [0.2, 0.25) is 41.4 Å². The molecule has 7 amide bonds. The van der Waals surface area contributed by atoms with E-state index in [1.807, 2.05) is 73.6 Å². The minimum absolute atomic E-state index is 0.0357. The number of carbonyl (C=O) groups excluding carboxylic acids is 12. The zero-order valence-electron chi connectivity index (χ0n) is 58.0. The summed E-state index contributed by atoms with van der Waals surface area (Å²) < 4.78 is 0. The molecule has 14 atom stereocenters. The molecule has 1 aliphatic carbocycles. The lowest BCUT2D eigenvalue weighted by molar-refractivity contribution is -0.147. The lowest BCUT2D eigenvalue weighted by Crippen LogP contribution is -2.58. The largest absolute Gasteiger partial charge is 0.391 e. The van der Waals surface area contributed by atoms with Gasteiger partial charge in [0.15, 0.2) is 17.3 Å². The van der Waals surface area contributed by atoms with Crippen molar-refractivity contribution in [2.75, 3.05) is 34.2 Å². The first-order chi connectivity index (χ1) is 43.9. The average molecular weight is 1290 g/mol. The third-order valence-electron chi connectivity index (χ3n) is 19.7. The van der Waals surface area contributed by atoms with Crippen molar-refractivity contribution in [3.63, 3.8) is 0 Å². The number of amides is 7. The van der Waals surface area contributed by atoms with Crippen molar-refractivity contribution < 1.29 is 62.6 Å². The van der Waals surface area contributed by atoms with Crippen LogP contribution in [0.25, 0.3) is 0 Å². The van der Waals surface area contributed by atoms with Gasteiger partial charge in [-0.1, -0.05) is 129 Å². The Morgan fingerprint density at radius 1 is 0.559 bits per heavy atom. The van der Waals surface area contributed by atoms with Gasteiger partial charge in [0.1, 0.15) is 35.7 Å². The predicted molar refractivity (Wildman–Crippen MR) is 355 cm³/mol. The van der Waals surface area contributed by atoms with Crippen molar-refractivity contribution in [1.82, 2.24) is 35.6 Å². The van der Waals surface area contributed by atoms with E-state index >= 15 is 9.59 Å². The smallest absolute Gasteiger partial charge is 0.245 e. The van der Waals surface area contributed by atoms with Crippen molar-refractivity contribution in [2.45, 2.75) is 221 Å². The van der Waals surface area contributed by atoms with Crippen LogP contribution in [0.5, 0.6) is 0 Å². The van der Waals surface area contributed by atoms with Crippen molar-refractivity contribution in [3.8, 4) is 0 Å². The van der Waals surface area contributed by atoms with Crippen molar-refractivity contribution in [2.24, 2.45) is 59.2 Å². The molecular formula is C73H109N7O13. The Bertz CT molecular complexity index is 2910. The second-order valence-electron chi connectivity index (χ2n) is 28.4. The first-order valence-corrected chi connectivity index (χ1v) is 34.3. The molecule has 0 aromatic heterocycles. The molecule has 0 bridgehead atoms. The molecule has 3 fully saturated rings. The molecule has 93 heavy (non-hydrogen) atoms. The standard InChI is InChI=1S/C73H109N7O13/c1-15-46(8)66-60(82)31-32-63(85)78(13)59(37-45(6)7)71(91)76-65(49(11)81)68(88)55-30-29-54(55)61(83)40-52(38-50-25-19-16-20-26-50)70(90)75-58(73(93)80-33-23-18-24-34-80)42-64(86)77(12)48(10)69(89)74-57(39-51-27-21-17-22-28-51)67(87)47(9)56(36-44(4)5)62(84)41-53(35-43(2)3)72(92)79(66)14/h16-17,19-22,25-28,43-49,52-59,65-66,81H,15,18,23-24,29-42H2,1-14H3,(H,74,89)(H,75,90)(H,76,91)/t46-,47?,48-,49+,52+,53+,54+,55?,56+,57-,58-,59-,65-,66-/m0/s1. The van der Waals surface area contributed by atoms with Crippen LogP contribution in [0, 0.1) is 59.2 Å². The number of rotatable bonds is 14. The Balaban J connectivity index is 1.61. The van der Waals surface area contributed by atoms with Gasteiger partial charge in [-0.05, 0) is 113 Å². The molecule has 2 heterocycles. The van der Waals surface area contributed by atoms with E-state index in [0.717, 1.165) is 11.3 Å². The second-order valence-corrected chi connectivity index (χ2v) is 28.4. The van der Waals surface area contributed by atoms with Crippen molar-refractivity contribution in [1.29, 1.82) is 0 Å². The zero-order valence-corrected chi connectivity index (χ0v) is 58.0. The van der Waals surface area contributed by atoms with Gasteiger partial charge in [0.25, 0.3) is 0 Å². The summed E-state index contributed by atoms with van der Waals surface area (Å²) in [5, 5.41) is 19.7. The topological polar surface area (TPSA) is 274 Å². The highest BCUT2D eigenvalue weighted by molar-refractivity contribution is 6.01. The molecule has 514 valence electrons. The van der Waals surface area contributed by atoms with Gasteiger partial charge in [-0.15, -0.1) is 0 Å². The molecule has 2 aromatic rings. The van der Waals surface area contributed by atoms with Crippen molar-refractivity contribution >= 4 is 70.3 Å². The molecule has 3 aliphatic rings. The number of aliphatic hydroxyl groups is 1. The van der Waals surface area contributed by atoms with Gasteiger partial charge >= 0.3 is 0 Å². The highest BCUT2D eigenvalue weighted by atomic mass is 16.3. The summed E-state index contributed by atoms with van der Waals surface area (Å²) in [7, 11) is 4.38. The lowest BCUT2D eigenvalue weighted by atomic mass is 9.66. The monoisotopic (exact) mass is 1290 g/mol. The molecule has 2 aliphatic heterocycles. The van der Waals surface area contributed by atoms with Gasteiger partial charge in [-0.3, -0.25) is 57.5 Å². The first kappa shape index (κ1) is 76.7. The minimum Gasteiger partial charge on any atom is -0.391 e. The van der Waals surface area contributed by atoms with Crippen molar-refractivity contribution in [3.05, 3.63) is 71.8 Å². The number of nitrogens with one attached hydrogen (secondary N) is 3. The van der Waals surface area contributed by atoms with E-state index in [1.165, 1.54) is 44.8 Å². The van der Waals surface area contributed by atoms with Gasteiger partial charge in [0.05, 0.1) is 24.6 Å². The van der Waals surface area contributed by atoms with E-state index in [9.17, 15) is 53.1 Å². The predicted octanol–water partition coefficient (Wildman–Crippen LogP) is 7.33.